The molecule has 3 nitrogen and oxygen atoms in total. The van der Waals surface area contributed by atoms with Crippen molar-refractivity contribution in [2.75, 3.05) is 0 Å². The first-order valence-electron chi connectivity index (χ1n) is 7.38. The van der Waals surface area contributed by atoms with Crippen LogP contribution in [-0.4, -0.2) is 10.1 Å². The molecule has 1 fully saturated rings. The molecule has 0 spiro atoms. The van der Waals surface area contributed by atoms with Gasteiger partial charge in [0, 0.05) is 5.92 Å². The second kappa shape index (κ2) is 5.78. The quantitative estimate of drug-likeness (QED) is 0.907. The van der Waals surface area contributed by atoms with E-state index in [1.807, 2.05) is 0 Å². The Balaban J connectivity index is 1.76. The van der Waals surface area contributed by atoms with Crippen LogP contribution in [0.3, 0.4) is 0 Å². The second-order valence-corrected chi connectivity index (χ2v) is 7.01. The van der Waals surface area contributed by atoms with Crippen molar-refractivity contribution in [1.82, 2.24) is 4.98 Å². The van der Waals surface area contributed by atoms with Gasteiger partial charge in [-0.2, -0.15) is 0 Å². The highest BCUT2D eigenvalue weighted by molar-refractivity contribution is 7.11. The van der Waals surface area contributed by atoms with Crippen LogP contribution in [0.4, 0.5) is 0 Å². The molecule has 0 saturated heterocycles. The third-order valence-corrected chi connectivity index (χ3v) is 5.02. The molecule has 1 aliphatic rings. The number of hydrogen-bond acceptors (Lipinski definition) is 4. The molecule has 1 aliphatic carbocycles. The fourth-order valence-corrected chi connectivity index (χ4v) is 3.48. The Morgan fingerprint density at radius 1 is 1.29 bits per heavy atom. The molecule has 0 aliphatic heterocycles. The van der Waals surface area contributed by atoms with Crippen LogP contribution in [0.1, 0.15) is 51.0 Å². The van der Waals surface area contributed by atoms with Crippen LogP contribution in [0, 0.1) is 20.8 Å². The Kier molecular flexibility index (Phi) is 4.00. The Bertz CT molecular complexity index is 659. The fraction of sp³-hybridized carbons (Fsp3) is 0.471. The van der Waals surface area contributed by atoms with Crippen LogP contribution in [0.25, 0.3) is 0 Å². The van der Waals surface area contributed by atoms with Crippen LogP contribution in [0.5, 0.6) is 5.75 Å². The van der Waals surface area contributed by atoms with Gasteiger partial charge < -0.3 is 9.84 Å². The maximum atomic E-state index is 9.44. The van der Waals surface area contributed by atoms with Gasteiger partial charge in [0.05, 0.1) is 17.2 Å². The van der Waals surface area contributed by atoms with Gasteiger partial charge in [0.25, 0.3) is 0 Å². The van der Waals surface area contributed by atoms with Crippen LogP contribution in [0.15, 0.2) is 12.1 Å². The minimum absolute atomic E-state index is 0.0894. The molecule has 1 aromatic carbocycles. The van der Waals surface area contributed by atoms with Gasteiger partial charge >= 0.3 is 0 Å². The smallest absolute Gasteiger partial charge is 0.140 e. The number of thiazole rings is 1. The largest absolute Gasteiger partial charge is 0.486 e. The third kappa shape index (κ3) is 3.11. The number of aliphatic hydroxyl groups is 1. The lowest BCUT2D eigenvalue weighted by molar-refractivity contribution is 0.284. The first kappa shape index (κ1) is 14.5. The molecule has 4 heteroatoms. The standard InChI is InChI=1S/C17H21NO2S/c1-10-6-11(2)12(3)14(7-10)20-9-16-18-17(13-4-5-13)15(8-19)21-16/h6-7,13,19H,4-5,8-9H2,1-3H3. The van der Waals surface area contributed by atoms with Crippen molar-refractivity contribution in [3.63, 3.8) is 0 Å². The van der Waals surface area contributed by atoms with Crippen molar-refractivity contribution in [3.05, 3.63) is 44.4 Å². The summed E-state index contributed by atoms with van der Waals surface area (Å²) in [6.07, 6.45) is 2.40. The molecule has 1 saturated carbocycles. The molecule has 21 heavy (non-hydrogen) atoms. The summed E-state index contributed by atoms with van der Waals surface area (Å²) < 4.78 is 5.96. The van der Waals surface area contributed by atoms with E-state index in [1.54, 1.807) is 11.3 Å². The molecule has 112 valence electrons. The van der Waals surface area contributed by atoms with Gasteiger partial charge in [0.1, 0.15) is 17.4 Å². The molecule has 3 rings (SSSR count). The van der Waals surface area contributed by atoms with Gasteiger partial charge in [-0.15, -0.1) is 11.3 Å². The Hall–Kier alpha value is -1.39. The van der Waals surface area contributed by atoms with Gasteiger partial charge in [0.2, 0.25) is 0 Å². The van der Waals surface area contributed by atoms with Gasteiger partial charge in [0.15, 0.2) is 0 Å². The van der Waals surface area contributed by atoms with E-state index in [0.717, 1.165) is 21.3 Å². The minimum atomic E-state index is 0.0894. The first-order valence-corrected chi connectivity index (χ1v) is 8.20. The normalized spacial score (nSPS) is 14.5. The molecule has 1 heterocycles. The molecule has 1 aromatic heterocycles. The van der Waals surface area contributed by atoms with Crippen molar-refractivity contribution >= 4 is 11.3 Å². The van der Waals surface area contributed by atoms with Crippen molar-refractivity contribution < 1.29 is 9.84 Å². The fourth-order valence-electron chi connectivity index (χ4n) is 2.55. The van der Waals surface area contributed by atoms with E-state index >= 15 is 0 Å². The van der Waals surface area contributed by atoms with E-state index in [0.29, 0.717) is 12.5 Å². The molecule has 0 radical (unpaired) electrons. The maximum Gasteiger partial charge on any atom is 0.140 e. The highest BCUT2D eigenvalue weighted by atomic mass is 32.1. The first-order chi connectivity index (χ1) is 10.1. The molecule has 1 N–H and O–H groups in total. The lowest BCUT2D eigenvalue weighted by Gasteiger charge is -2.11. The average Bonchev–Trinajstić information content (AvgIpc) is 3.21. The number of hydrogen-bond donors (Lipinski definition) is 1. The number of ether oxygens (including phenoxy) is 1. The van der Waals surface area contributed by atoms with E-state index in [9.17, 15) is 5.11 Å². The predicted molar refractivity (Wildman–Crippen MR) is 85.0 cm³/mol. The number of aliphatic hydroxyl groups excluding tert-OH is 1. The summed E-state index contributed by atoms with van der Waals surface area (Å²) in [6.45, 7) is 6.84. The van der Waals surface area contributed by atoms with Crippen molar-refractivity contribution in [2.45, 2.75) is 52.7 Å². The summed E-state index contributed by atoms with van der Waals surface area (Å²) in [7, 11) is 0. The van der Waals surface area contributed by atoms with E-state index in [1.165, 1.54) is 29.5 Å². The van der Waals surface area contributed by atoms with E-state index in [2.05, 4.69) is 37.9 Å². The number of nitrogens with zero attached hydrogens (tertiary/aromatic N) is 1. The molecule has 0 bridgehead atoms. The van der Waals surface area contributed by atoms with Crippen molar-refractivity contribution in [3.8, 4) is 5.75 Å². The predicted octanol–water partition coefficient (Wildman–Crippen LogP) is 4.02. The topological polar surface area (TPSA) is 42.4 Å². The van der Waals surface area contributed by atoms with Gasteiger partial charge in [-0.3, -0.25) is 0 Å². The Morgan fingerprint density at radius 3 is 2.71 bits per heavy atom. The number of rotatable bonds is 5. The third-order valence-electron chi connectivity index (χ3n) is 3.99. The molecule has 0 amide bonds. The summed E-state index contributed by atoms with van der Waals surface area (Å²) in [6, 6.07) is 4.24. The Labute approximate surface area is 129 Å². The Morgan fingerprint density at radius 2 is 2.05 bits per heavy atom. The van der Waals surface area contributed by atoms with Crippen LogP contribution in [-0.2, 0) is 13.2 Å². The number of aryl methyl sites for hydroxylation is 2. The highest BCUT2D eigenvalue weighted by Gasteiger charge is 2.29. The molecular formula is C17H21NO2S. The summed E-state index contributed by atoms with van der Waals surface area (Å²) in [5.74, 6) is 1.50. The lowest BCUT2D eigenvalue weighted by Crippen LogP contribution is -1.98. The van der Waals surface area contributed by atoms with Crippen LogP contribution >= 0.6 is 11.3 Å². The summed E-state index contributed by atoms with van der Waals surface area (Å²) >= 11 is 1.58. The zero-order chi connectivity index (χ0) is 15.0. The van der Waals surface area contributed by atoms with Crippen LogP contribution < -0.4 is 4.74 Å². The summed E-state index contributed by atoms with van der Waals surface area (Å²) in [5, 5.41) is 10.4. The minimum Gasteiger partial charge on any atom is -0.486 e. The van der Waals surface area contributed by atoms with Gasteiger partial charge in [-0.1, -0.05) is 6.07 Å². The van der Waals surface area contributed by atoms with E-state index in [4.69, 9.17) is 4.74 Å². The molecule has 0 unspecified atom stereocenters. The van der Waals surface area contributed by atoms with E-state index < -0.39 is 0 Å². The second-order valence-electron chi connectivity index (χ2n) is 5.84. The molecule has 0 atom stereocenters. The van der Waals surface area contributed by atoms with Crippen molar-refractivity contribution in [1.29, 1.82) is 0 Å². The zero-order valence-corrected chi connectivity index (χ0v) is 13.6. The van der Waals surface area contributed by atoms with Crippen LogP contribution in [0.2, 0.25) is 0 Å². The monoisotopic (exact) mass is 303 g/mol. The average molecular weight is 303 g/mol. The summed E-state index contributed by atoms with van der Waals surface area (Å²) in [4.78, 5) is 5.67. The zero-order valence-electron chi connectivity index (χ0n) is 12.8. The van der Waals surface area contributed by atoms with Gasteiger partial charge in [-0.25, -0.2) is 4.98 Å². The number of aromatic nitrogens is 1. The number of benzene rings is 1. The highest BCUT2D eigenvalue weighted by Crippen LogP contribution is 2.42. The van der Waals surface area contributed by atoms with Gasteiger partial charge in [-0.05, 0) is 56.4 Å². The SMILES string of the molecule is Cc1cc(C)c(C)c(OCc2nc(C3CC3)c(CO)s2)c1. The molecular weight excluding hydrogens is 282 g/mol. The van der Waals surface area contributed by atoms with Crippen molar-refractivity contribution in [2.24, 2.45) is 0 Å². The lowest BCUT2D eigenvalue weighted by atomic mass is 10.1. The molecule has 2 aromatic rings. The summed E-state index contributed by atoms with van der Waals surface area (Å²) in [5.41, 5.74) is 4.74. The maximum absolute atomic E-state index is 9.44. The van der Waals surface area contributed by atoms with E-state index in [-0.39, 0.29) is 6.61 Å².